The third-order valence-electron chi connectivity index (χ3n) is 3.82. The first-order valence-electron chi connectivity index (χ1n) is 9.47. The molecule has 0 aliphatic heterocycles. The average molecular weight is 462 g/mol. The van der Waals surface area contributed by atoms with Crippen molar-refractivity contribution in [3.8, 4) is 0 Å². The Morgan fingerprint density at radius 1 is 0.893 bits per heavy atom. The Balaban J connectivity index is 0.00000729. The maximum atomic E-state index is 12.9. The summed E-state index contributed by atoms with van der Waals surface area (Å²) >= 11 is 5.79. The van der Waals surface area contributed by atoms with Crippen LogP contribution in [0.5, 0.6) is 0 Å². The molecular formula is C18H30ClNNaO5PS-. The van der Waals surface area contributed by atoms with Crippen LogP contribution >= 0.6 is 19.3 Å². The second kappa shape index (κ2) is 15.4. The Kier molecular flexibility index (Phi) is 15.7. The van der Waals surface area contributed by atoms with Gasteiger partial charge >= 0.3 is 0 Å². The molecule has 0 fully saturated rings. The molecule has 0 spiro atoms. The number of hydrogen-bond donors (Lipinski definition) is 0. The fourth-order valence-electron chi connectivity index (χ4n) is 2.29. The van der Waals surface area contributed by atoms with Crippen molar-refractivity contribution in [3.05, 3.63) is 33.8 Å². The molecule has 10 heteroatoms. The van der Waals surface area contributed by atoms with Gasteiger partial charge in [-0.2, -0.15) is 0 Å². The molecule has 0 saturated carbocycles. The third-order valence-corrected chi connectivity index (χ3v) is 7.62. The van der Waals surface area contributed by atoms with Crippen LogP contribution in [0.3, 0.4) is 0 Å². The largest absolute Gasteiger partial charge is 0.438 e. The van der Waals surface area contributed by atoms with Gasteiger partial charge in [0.05, 0.1) is 13.2 Å². The van der Waals surface area contributed by atoms with E-state index in [9.17, 15) is 13.0 Å². The van der Waals surface area contributed by atoms with E-state index in [0.717, 1.165) is 38.5 Å². The Labute approximate surface area is 197 Å². The summed E-state index contributed by atoms with van der Waals surface area (Å²) in [6.07, 6.45) is 7.36. The minimum atomic E-state index is -4.18. The molecule has 0 aromatic heterocycles. The quantitative estimate of drug-likeness (QED) is 0.173. The number of nitrogens with zero attached hydrogens (tertiary/aromatic N) is 1. The second-order valence-electron chi connectivity index (χ2n) is 6.27. The van der Waals surface area contributed by atoms with Crippen LogP contribution in [0.15, 0.2) is 29.2 Å². The number of hydrogen-bond acceptors (Lipinski definition) is 5. The van der Waals surface area contributed by atoms with Crippen LogP contribution in [0.1, 0.15) is 65.2 Å². The van der Waals surface area contributed by atoms with Crippen molar-refractivity contribution in [2.75, 3.05) is 13.2 Å². The van der Waals surface area contributed by atoms with E-state index in [2.05, 4.69) is 18.3 Å². The van der Waals surface area contributed by atoms with Gasteiger partial charge in [-0.05, 0) is 37.1 Å². The molecule has 1 aromatic carbocycles. The van der Waals surface area contributed by atoms with Crippen LogP contribution in [0, 0.1) is 0 Å². The summed E-state index contributed by atoms with van der Waals surface area (Å²) in [5.74, 6) is 0. The van der Waals surface area contributed by atoms with Crippen LogP contribution in [0.4, 0.5) is 0 Å². The van der Waals surface area contributed by atoms with Gasteiger partial charge < -0.3 is 13.5 Å². The first kappa shape index (κ1) is 28.6. The molecule has 1 rings (SSSR count). The van der Waals surface area contributed by atoms with Crippen molar-refractivity contribution >= 4 is 58.9 Å². The zero-order valence-corrected chi connectivity index (χ0v) is 21.6. The summed E-state index contributed by atoms with van der Waals surface area (Å²) in [6, 6.07) is 5.50. The summed E-state index contributed by atoms with van der Waals surface area (Å²) in [5, 5.41) is 0.400. The van der Waals surface area contributed by atoms with Crippen LogP contribution in [0.2, 0.25) is 5.02 Å². The van der Waals surface area contributed by atoms with Gasteiger partial charge in [0.25, 0.3) is 7.75 Å². The van der Waals surface area contributed by atoms with Gasteiger partial charge in [0.2, 0.25) is 0 Å². The Morgan fingerprint density at radius 2 is 1.36 bits per heavy atom. The summed E-state index contributed by atoms with van der Waals surface area (Å²) in [6.45, 7) is 4.45. The summed E-state index contributed by atoms with van der Waals surface area (Å²) in [7, 11) is -8.29. The van der Waals surface area contributed by atoms with Crippen molar-refractivity contribution in [1.29, 1.82) is 0 Å². The van der Waals surface area contributed by atoms with Gasteiger partial charge in [-0.3, -0.25) is 4.57 Å². The normalized spacial score (nSPS) is 12.0. The molecule has 0 amide bonds. The van der Waals surface area contributed by atoms with Crippen LogP contribution in [-0.2, 0) is 23.6 Å². The smallest absolute Gasteiger partial charge is 0.253 e. The van der Waals surface area contributed by atoms with Gasteiger partial charge in [0.1, 0.15) is 10.0 Å². The predicted octanol–water partition coefficient (Wildman–Crippen LogP) is 6.32. The average Bonchev–Trinajstić information content (AvgIpc) is 2.61. The van der Waals surface area contributed by atoms with E-state index < -0.39 is 17.8 Å². The van der Waals surface area contributed by atoms with Gasteiger partial charge in [0.15, 0.2) is 0 Å². The first-order chi connectivity index (χ1) is 12.8. The monoisotopic (exact) mass is 461 g/mol. The first-order valence-corrected chi connectivity index (χ1v) is 12.8. The molecule has 6 nitrogen and oxygen atoms in total. The van der Waals surface area contributed by atoms with Crippen LogP contribution in [-0.4, -0.2) is 51.2 Å². The zero-order chi connectivity index (χ0) is 20.2. The fraction of sp³-hybridized carbons (Fsp3) is 0.667. The summed E-state index contributed by atoms with van der Waals surface area (Å²) in [4.78, 5) is -0.101. The zero-order valence-electron chi connectivity index (χ0n) is 17.1. The number of halogens is 1. The molecule has 1 aromatic rings. The van der Waals surface area contributed by atoms with Crippen molar-refractivity contribution in [1.82, 2.24) is 0 Å². The topological polar surface area (TPSA) is 83.8 Å². The van der Waals surface area contributed by atoms with Crippen LogP contribution < -0.4 is 0 Å². The molecule has 157 valence electrons. The van der Waals surface area contributed by atoms with Gasteiger partial charge in [-0.1, -0.05) is 64.0 Å². The molecule has 0 aliphatic carbocycles. The minimum absolute atomic E-state index is 0. The van der Waals surface area contributed by atoms with E-state index in [1.54, 1.807) is 0 Å². The predicted molar refractivity (Wildman–Crippen MR) is 116 cm³/mol. The van der Waals surface area contributed by atoms with E-state index in [-0.39, 0.29) is 47.7 Å². The molecule has 0 saturated heterocycles. The SMILES string of the molecule is CCCCCCOP(=O)([N-]S(=O)(=O)c1ccc(Cl)cc1)OCCCCCC.[Na]. The Bertz CT molecular complexity index is 670. The van der Waals surface area contributed by atoms with E-state index in [1.807, 2.05) is 0 Å². The minimum Gasteiger partial charge on any atom is -0.438 e. The van der Waals surface area contributed by atoms with E-state index >= 15 is 0 Å². The fourth-order valence-corrected chi connectivity index (χ4v) is 5.49. The van der Waals surface area contributed by atoms with E-state index in [0.29, 0.717) is 17.9 Å². The maximum Gasteiger partial charge on any atom is 0.253 e. The molecule has 28 heavy (non-hydrogen) atoms. The van der Waals surface area contributed by atoms with Gasteiger partial charge in [-0.25, -0.2) is 8.42 Å². The number of rotatable bonds is 15. The van der Waals surface area contributed by atoms with Gasteiger partial charge in [0, 0.05) is 39.5 Å². The molecule has 0 heterocycles. The van der Waals surface area contributed by atoms with Crippen molar-refractivity contribution in [2.24, 2.45) is 0 Å². The Hall–Kier alpha value is 0.570. The third kappa shape index (κ3) is 11.7. The molecule has 0 atom stereocenters. The Morgan fingerprint density at radius 3 is 1.79 bits per heavy atom. The van der Waals surface area contributed by atoms with Crippen LogP contribution in [0.25, 0.3) is 4.49 Å². The van der Waals surface area contributed by atoms with Crippen molar-refractivity contribution in [3.63, 3.8) is 0 Å². The number of benzene rings is 1. The molecule has 0 unspecified atom stereocenters. The molecule has 0 N–H and O–H groups in total. The van der Waals surface area contributed by atoms with Crippen molar-refractivity contribution < 1.29 is 22.0 Å². The molecular weight excluding hydrogens is 432 g/mol. The van der Waals surface area contributed by atoms with E-state index in [4.69, 9.17) is 20.6 Å². The summed E-state index contributed by atoms with van der Waals surface area (Å²) < 4.78 is 52.1. The number of unbranched alkanes of at least 4 members (excludes halogenated alkanes) is 6. The second-order valence-corrected chi connectivity index (χ2v) is 10.2. The number of sulfonamides is 1. The molecule has 0 aliphatic rings. The van der Waals surface area contributed by atoms with E-state index in [1.165, 1.54) is 24.3 Å². The molecule has 1 radical (unpaired) electrons. The summed E-state index contributed by atoms with van der Waals surface area (Å²) in [5.41, 5.74) is 0. The standard InChI is InChI=1S/C18H30ClNO5PS.Na/c1-3-5-7-9-15-24-26(21,25-16-10-8-6-4-2)20-27(22,23)18-13-11-17(19)12-14-18;/h11-14H,3-10,15-16H2,1-2H3;/q-1;. The van der Waals surface area contributed by atoms with Gasteiger partial charge in [-0.15, -0.1) is 0 Å². The maximum absolute atomic E-state index is 12.9. The van der Waals surface area contributed by atoms with Crippen molar-refractivity contribution in [2.45, 2.75) is 70.1 Å². The molecule has 0 bridgehead atoms.